The maximum atomic E-state index is 12.9. The number of phosphoric acid groups is 1. The number of allylic oxidation sites excluding steroid dienone is 9. The van der Waals surface area contributed by atoms with Crippen LogP contribution in [0, 0.1) is 0 Å². The van der Waals surface area contributed by atoms with Crippen LogP contribution in [0.3, 0.4) is 0 Å². The number of unbranched alkanes of at least 4 members (excludes halogenated alkanes) is 29. The molecule has 0 saturated carbocycles. The van der Waals surface area contributed by atoms with E-state index in [0.29, 0.717) is 17.4 Å². The summed E-state index contributed by atoms with van der Waals surface area (Å²) in [4.78, 5) is 23.1. The third kappa shape index (κ3) is 50.1. The maximum Gasteiger partial charge on any atom is 0.472 e. The molecule has 3 unspecified atom stereocenters. The van der Waals surface area contributed by atoms with Gasteiger partial charge >= 0.3 is 7.82 Å². The van der Waals surface area contributed by atoms with E-state index in [1.165, 1.54) is 173 Å². The van der Waals surface area contributed by atoms with Gasteiger partial charge < -0.3 is 19.8 Å². The summed E-state index contributed by atoms with van der Waals surface area (Å²) in [5, 5.41) is 13.8. The van der Waals surface area contributed by atoms with Gasteiger partial charge in [-0.2, -0.15) is 0 Å². The molecule has 0 bridgehead atoms. The van der Waals surface area contributed by atoms with Crippen LogP contribution in [0.2, 0.25) is 0 Å². The molecule has 66 heavy (non-hydrogen) atoms. The van der Waals surface area contributed by atoms with Crippen molar-refractivity contribution in [1.29, 1.82) is 0 Å². The fraction of sp³-hybridized carbons (Fsp3) is 0.807. The van der Waals surface area contributed by atoms with Gasteiger partial charge in [0.05, 0.1) is 39.9 Å². The maximum absolute atomic E-state index is 12.9. The Labute approximate surface area is 409 Å². The lowest BCUT2D eigenvalue weighted by Crippen LogP contribution is -2.45. The second kappa shape index (κ2) is 48.2. The van der Waals surface area contributed by atoms with E-state index in [4.69, 9.17) is 9.05 Å². The van der Waals surface area contributed by atoms with Crippen molar-refractivity contribution in [2.24, 2.45) is 0 Å². The highest BCUT2D eigenvalue weighted by molar-refractivity contribution is 7.47. The molecule has 0 heterocycles. The molecule has 0 aromatic heterocycles. The molecule has 0 radical (unpaired) electrons. The molecule has 0 spiro atoms. The normalized spacial score (nSPS) is 14.5. The number of carbonyl (C=O) groups is 1. The molecule has 0 aromatic rings. The zero-order valence-electron chi connectivity index (χ0n) is 43.9. The van der Waals surface area contributed by atoms with E-state index in [9.17, 15) is 19.4 Å². The van der Waals surface area contributed by atoms with Crippen molar-refractivity contribution in [2.45, 2.75) is 257 Å². The summed E-state index contributed by atoms with van der Waals surface area (Å²) in [5.41, 5.74) is 0. The fourth-order valence-corrected chi connectivity index (χ4v) is 8.67. The zero-order chi connectivity index (χ0) is 48.5. The first-order valence-electron chi connectivity index (χ1n) is 27.7. The Hall–Kier alpha value is -1.80. The van der Waals surface area contributed by atoms with Crippen LogP contribution in [0.25, 0.3) is 0 Å². The summed E-state index contributed by atoms with van der Waals surface area (Å²) >= 11 is 0. The van der Waals surface area contributed by atoms with Gasteiger partial charge in [-0.15, -0.1) is 0 Å². The van der Waals surface area contributed by atoms with E-state index < -0.39 is 20.0 Å². The van der Waals surface area contributed by atoms with Crippen molar-refractivity contribution >= 4 is 13.7 Å². The number of phosphoric ester groups is 1. The molecule has 0 rings (SSSR count). The number of rotatable bonds is 50. The van der Waals surface area contributed by atoms with Gasteiger partial charge in [-0.1, -0.05) is 254 Å². The first kappa shape index (κ1) is 64.2. The molecule has 0 aliphatic rings. The Morgan fingerprint density at radius 2 is 0.909 bits per heavy atom. The van der Waals surface area contributed by atoms with E-state index in [-0.39, 0.29) is 25.5 Å². The van der Waals surface area contributed by atoms with Gasteiger partial charge in [-0.05, 0) is 44.9 Å². The Balaban J connectivity index is 4.13. The molecule has 3 N–H and O–H groups in total. The van der Waals surface area contributed by atoms with E-state index in [1.54, 1.807) is 6.08 Å². The number of aliphatic hydroxyl groups excluding tert-OH is 1. The van der Waals surface area contributed by atoms with Crippen molar-refractivity contribution in [3.8, 4) is 0 Å². The molecule has 0 fully saturated rings. The summed E-state index contributed by atoms with van der Waals surface area (Å²) < 4.78 is 23.6. The van der Waals surface area contributed by atoms with Crippen LogP contribution in [-0.2, 0) is 18.4 Å². The molecule has 386 valence electrons. The van der Waals surface area contributed by atoms with Gasteiger partial charge in [0.2, 0.25) is 5.91 Å². The molecule has 1 amide bonds. The predicted molar refractivity (Wildman–Crippen MR) is 286 cm³/mol. The van der Waals surface area contributed by atoms with Gasteiger partial charge in [0.15, 0.2) is 0 Å². The monoisotopic (exact) mass is 948 g/mol. The lowest BCUT2D eigenvalue weighted by molar-refractivity contribution is -0.870. The van der Waals surface area contributed by atoms with Crippen LogP contribution in [0.5, 0.6) is 0 Å². The number of amides is 1. The molecule has 0 aliphatic carbocycles. The van der Waals surface area contributed by atoms with Gasteiger partial charge in [0.1, 0.15) is 13.2 Å². The Bertz CT molecular complexity index is 1260. The number of aliphatic hydroxyl groups is 1. The van der Waals surface area contributed by atoms with E-state index in [2.05, 4.69) is 55.6 Å². The first-order chi connectivity index (χ1) is 32.0. The SMILES string of the molecule is CC/C=C\C/C=C\C/C=C\C/C=C\CCC(=O)NC(COP(=O)(O)OCC[N+](C)(C)C)C(O)/C=C/CCCCCCCCCCCCCCCCCCCCCCCCCCCCCCC. The van der Waals surface area contributed by atoms with E-state index in [0.717, 1.165) is 44.9 Å². The van der Waals surface area contributed by atoms with Crippen LogP contribution in [0.1, 0.15) is 245 Å². The molecular weight excluding hydrogens is 840 g/mol. The number of nitrogens with one attached hydrogen (secondary N) is 1. The van der Waals surface area contributed by atoms with Gasteiger partial charge in [-0.25, -0.2) is 4.57 Å². The second-order valence-corrected chi connectivity index (χ2v) is 21.4. The standard InChI is InChI=1S/C57H107N2O6P/c1-6-8-10-12-14-16-18-20-21-22-23-24-25-26-27-28-29-30-31-32-33-34-35-36-37-39-40-42-44-46-48-50-56(60)55(54-65-66(62,63)64-53-52-59(3,4)5)58-57(61)51-49-47-45-43-41-38-19-17-15-13-11-9-7-2/h9,11,15,17,38,41,45,47-48,50,55-56,60H,6-8,10,12-14,16,18-37,39-40,42-44,46,49,51-54H2,1-5H3,(H-,58,61,62,63)/p+1/b11-9-,17-15-,41-38-,47-45-,50-48+. The van der Waals surface area contributed by atoms with Gasteiger partial charge in [0.25, 0.3) is 0 Å². The predicted octanol–water partition coefficient (Wildman–Crippen LogP) is 16.5. The van der Waals surface area contributed by atoms with Crippen molar-refractivity contribution in [1.82, 2.24) is 5.32 Å². The minimum atomic E-state index is -4.36. The summed E-state index contributed by atoms with van der Waals surface area (Å²) in [6.45, 7) is 4.65. The molecule has 9 heteroatoms. The van der Waals surface area contributed by atoms with Gasteiger partial charge in [0, 0.05) is 6.42 Å². The average Bonchev–Trinajstić information content (AvgIpc) is 3.28. The lowest BCUT2D eigenvalue weighted by Gasteiger charge is -2.25. The van der Waals surface area contributed by atoms with E-state index in [1.807, 2.05) is 39.4 Å². The Morgan fingerprint density at radius 1 is 0.530 bits per heavy atom. The molecular formula is C57H108N2O6P+. The molecule has 0 saturated heterocycles. The van der Waals surface area contributed by atoms with Crippen LogP contribution < -0.4 is 5.32 Å². The number of quaternary nitrogens is 1. The molecule has 0 aliphatic heterocycles. The summed E-state index contributed by atoms with van der Waals surface area (Å²) in [7, 11) is 1.53. The minimum absolute atomic E-state index is 0.0469. The third-order valence-corrected chi connectivity index (χ3v) is 13.2. The zero-order valence-corrected chi connectivity index (χ0v) is 44.8. The first-order valence-corrected chi connectivity index (χ1v) is 29.2. The highest BCUT2D eigenvalue weighted by Crippen LogP contribution is 2.43. The van der Waals surface area contributed by atoms with Gasteiger partial charge in [-0.3, -0.25) is 13.8 Å². The number of nitrogens with zero attached hydrogens (tertiary/aromatic N) is 1. The molecule has 8 nitrogen and oxygen atoms in total. The Kier molecular flexibility index (Phi) is 46.9. The molecule has 3 atom stereocenters. The summed E-state index contributed by atoms with van der Waals surface area (Å²) in [6, 6.07) is -0.887. The largest absolute Gasteiger partial charge is 0.472 e. The third-order valence-electron chi connectivity index (χ3n) is 12.3. The quantitative estimate of drug-likeness (QED) is 0.0243. The number of likely N-dealkylation sites (N-methyl/N-ethyl adjacent to an activating group) is 1. The van der Waals surface area contributed by atoms with Crippen LogP contribution >= 0.6 is 7.82 Å². The van der Waals surface area contributed by atoms with Crippen LogP contribution in [0.15, 0.2) is 60.8 Å². The van der Waals surface area contributed by atoms with Crippen LogP contribution in [-0.4, -0.2) is 73.4 Å². The van der Waals surface area contributed by atoms with Crippen molar-refractivity contribution in [2.75, 3.05) is 40.9 Å². The van der Waals surface area contributed by atoms with E-state index >= 15 is 0 Å². The lowest BCUT2D eigenvalue weighted by atomic mass is 10.0. The minimum Gasteiger partial charge on any atom is -0.387 e. The topological polar surface area (TPSA) is 105 Å². The number of carbonyl (C=O) groups excluding carboxylic acids is 1. The molecule has 0 aromatic carbocycles. The summed E-state index contributed by atoms with van der Waals surface area (Å²) in [6.07, 6.45) is 65.1. The van der Waals surface area contributed by atoms with Crippen molar-refractivity contribution in [3.63, 3.8) is 0 Å². The second-order valence-electron chi connectivity index (χ2n) is 19.9. The van der Waals surface area contributed by atoms with Crippen LogP contribution in [0.4, 0.5) is 0 Å². The number of hydrogen-bond donors (Lipinski definition) is 3. The Morgan fingerprint density at radius 3 is 1.30 bits per heavy atom. The highest BCUT2D eigenvalue weighted by Gasteiger charge is 2.27. The average molecular weight is 948 g/mol. The summed E-state index contributed by atoms with van der Waals surface area (Å²) in [5.74, 6) is -0.256. The fourth-order valence-electron chi connectivity index (χ4n) is 7.94. The van der Waals surface area contributed by atoms with Crippen molar-refractivity contribution < 1.29 is 32.9 Å². The smallest absolute Gasteiger partial charge is 0.387 e. The van der Waals surface area contributed by atoms with Crippen molar-refractivity contribution in [3.05, 3.63) is 60.8 Å². The highest BCUT2D eigenvalue weighted by atomic mass is 31.2. The number of hydrogen-bond acceptors (Lipinski definition) is 5.